The number of nitrogens with zero attached hydrogens (tertiary/aromatic N) is 1. The van der Waals surface area contributed by atoms with Crippen molar-refractivity contribution in [2.45, 2.75) is 19.8 Å². The van der Waals surface area contributed by atoms with Gasteiger partial charge in [-0.1, -0.05) is 42.5 Å². The Morgan fingerprint density at radius 2 is 1.65 bits per heavy atom. The summed E-state index contributed by atoms with van der Waals surface area (Å²) in [5.41, 5.74) is 3.46. The molecule has 0 bridgehead atoms. The van der Waals surface area contributed by atoms with Gasteiger partial charge in [-0.2, -0.15) is 0 Å². The van der Waals surface area contributed by atoms with Gasteiger partial charge >= 0.3 is 5.63 Å². The van der Waals surface area contributed by atoms with E-state index in [1.165, 1.54) is 0 Å². The largest absolute Gasteiger partial charge is 0.423 e. The summed E-state index contributed by atoms with van der Waals surface area (Å²) in [5, 5.41) is 0.964. The van der Waals surface area contributed by atoms with Crippen molar-refractivity contribution < 1.29 is 9.21 Å². The maximum atomic E-state index is 11.6. The lowest BCUT2D eigenvalue weighted by molar-refractivity contribution is -0.129. The molecule has 1 amide bonds. The van der Waals surface area contributed by atoms with Gasteiger partial charge in [-0.15, -0.1) is 0 Å². The second-order valence-electron chi connectivity index (χ2n) is 6.80. The first-order valence-corrected chi connectivity index (χ1v) is 8.77. The van der Waals surface area contributed by atoms with Crippen molar-refractivity contribution in [1.29, 1.82) is 0 Å². The van der Waals surface area contributed by atoms with Crippen molar-refractivity contribution in [2.75, 3.05) is 14.1 Å². The highest BCUT2D eigenvalue weighted by Gasteiger charge is 2.30. The molecule has 2 aromatic carbocycles. The van der Waals surface area contributed by atoms with E-state index < -0.39 is 0 Å². The van der Waals surface area contributed by atoms with E-state index >= 15 is 0 Å². The van der Waals surface area contributed by atoms with Crippen molar-refractivity contribution >= 4 is 16.9 Å². The van der Waals surface area contributed by atoms with Crippen LogP contribution in [0, 0.1) is 12.8 Å². The molecule has 4 nitrogen and oxygen atoms in total. The van der Waals surface area contributed by atoms with Crippen LogP contribution in [0.3, 0.4) is 0 Å². The van der Waals surface area contributed by atoms with Crippen molar-refractivity contribution in [3.63, 3.8) is 0 Å². The lowest BCUT2D eigenvalue weighted by Gasteiger charge is -2.08. The standard InChI is InChI=1S/C16H12O2.C6H11NO/c1-11-6-2-3-7-12(11)14-10-16(17)18-15-9-5-4-8-13(14)15;1-7(2)6(8)5-3-4-5/h2-10H,1H3;5H,3-4H2,1-2H3. The van der Waals surface area contributed by atoms with Crippen LogP contribution in [0.5, 0.6) is 0 Å². The number of hydrogen-bond donors (Lipinski definition) is 0. The maximum absolute atomic E-state index is 11.6. The van der Waals surface area contributed by atoms with E-state index in [1.54, 1.807) is 25.1 Å². The number of aryl methyl sites for hydroxylation is 1. The van der Waals surface area contributed by atoms with Crippen molar-refractivity contribution in [3.05, 3.63) is 70.6 Å². The summed E-state index contributed by atoms with van der Waals surface area (Å²) in [4.78, 5) is 24.1. The number of carbonyl (C=O) groups is 1. The molecule has 1 fully saturated rings. The summed E-state index contributed by atoms with van der Waals surface area (Å²) in [7, 11) is 3.61. The summed E-state index contributed by atoms with van der Waals surface area (Å²) in [6.07, 6.45) is 2.22. The van der Waals surface area contributed by atoms with Gasteiger partial charge in [-0.05, 0) is 37.0 Å². The van der Waals surface area contributed by atoms with E-state index in [1.807, 2.05) is 55.5 Å². The Morgan fingerprint density at radius 1 is 1.00 bits per heavy atom. The van der Waals surface area contributed by atoms with Gasteiger partial charge in [-0.25, -0.2) is 4.79 Å². The normalized spacial score (nSPS) is 13.0. The molecule has 26 heavy (non-hydrogen) atoms. The maximum Gasteiger partial charge on any atom is 0.336 e. The number of benzene rings is 2. The Bertz CT molecular complexity index is 980. The summed E-state index contributed by atoms with van der Waals surface area (Å²) in [6.45, 7) is 2.04. The molecule has 0 radical (unpaired) electrons. The fraction of sp³-hybridized carbons (Fsp3) is 0.273. The van der Waals surface area contributed by atoms with Gasteiger partial charge in [-0.3, -0.25) is 4.79 Å². The predicted octanol–water partition coefficient (Wildman–Crippen LogP) is 4.25. The smallest absolute Gasteiger partial charge is 0.336 e. The summed E-state index contributed by atoms with van der Waals surface area (Å²) >= 11 is 0. The monoisotopic (exact) mass is 349 g/mol. The van der Waals surface area contributed by atoms with Gasteiger partial charge in [0.2, 0.25) is 5.91 Å². The zero-order chi connectivity index (χ0) is 18.7. The second kappa shape index (κ2) is 7.56. The van der Waals surface area contributed by atoms with E-state index in [0.29, 0.717) is 17.4 Å². The van der Waals surface area contributed by atoms with Crippen LogP contribution in [0.4, 0.5) is 0 Å². The van der Waals surface area contributed by atoms with Gasteiger partial charge in [0.25, 0.3) is 0 Å². The van der Waals surface area contributed by atoms with Gasteiger partial charge in [0, 0.05) is 37.0 Å². The van der Waals surface area contributed by atoms with Crippen LogP contribution in [-0.4, -0.2) is 24.9 Å². The Balaban J connectivity index is 0.000000206. The van der Waals surface area contributed by atoms with E-state index in [9.17, 15) is 9.59 Å². The van der Waals surface area contributed by atoms with Crippen LogP contribution in [0.1, 0.15) is 18.4 Å². The van der Waals surface area contributed by atoms with Gasteiger partial charge in [0.15, 0.2) is 0 Å². The topological polar surface area (TPSA) is 50.5 Å². The highest BCUT2D eigenvalue weighted by Crippen LogP contribution is 2.30. The lowest BCUT2D eigenvalue weighted by atomic mass is 9.98. The Morgan fingerprint density at radius 3 is 2.27 bits per heavy atom. The summed E-state index contributed by atoms with van der Waals surface area (Å²) in [5.74, 6) is 0.676. The molecule has 134 valence electrons. The summed E-state index contributed by atoms with van der Waals surface area (Å²) < 4.78 is 5.21. The van der Waals surface area contributed by atoms with Crippen molar-refractivity contribution in [3.8, 4) is 11.1 Å². The predicted molar refractivity (Wildman–Crippen MR) is 104 cm³/mol. The molecule has 0 saturated heterocycles. The number of carbonyl (C=O) groups excluding carboxylic acids is 1. The molecule has 4 rings (SSSR count). The van der Waals surface area contributed by atoms with Crippen LogP contribution in [-0.2, 0) is 4.79 Å². The molecule has 1 aromatic heterocycles. The molecule has 3 aromatic rings. The third-order valence-electron chi connectivity index (χ3n) is 4.45. The van der Waals surface area contributed by atoms with E-state index in [4.69, 9.17) is 4.42 Å². The molecule has 1 aliphatic carbocycles. The van der Waals surface area contributed by atoms with E-state index in [-0.39, 0.29) is 5.63 Å². The van der Waals surface area contributed by atoms with Crippen LogP contribution in [0.15, 0.2) is 63.8 Å². The third-order valence-corrected chi connectivity index (χ3v) is 4.45. The number of fused-ring (bicyclic) bond motifs is 1. The molecule has 0 spiro atoms. The molecule has 0 unspecified atom stereocenters. The molecule has 0 aliphatic heterocycles. The van der Waals surface area contributed by atoms with Gasteiger partial charge in [0.05, 0.1) is 0 Å². The zero-order valence-corrected chi connectivity index (χ0v) is 15.4. The first kappa shape index (κ1) is 17.9. The molecule has 4 heteroatoms. The quantitative estimate of drug-likeness (QED) is 0.650. The highest BCUT2D eigenvalue weighted by atomic mass is 16.4. The average Bonchev–Trinajstić information content (AvgIpc) is 3.46. The minimum Gasteiger partial charge on any atom is -0.423 e. The van der Waals surface area contributed by atoms with E-state index in [2.05, 4.69) is 0 Å². The Hall–Kier alpha value is -2.88. The Kier molecular flexibility index (Phi) is 5.21. The molecule has 1 heterocycles. The van der Waals surface area contributed by atoms with Crippen LogP contribution in [0.2, 0.25) is 0 Å². The molecule has 1 saturated carbocycles. The number of para-hydroxylation sites is 1. The minimum atomic E-state index is -0.313. The van der Waals surface area contributed by atoms with Crippen LogP contribution >= 0.6 is 0 Å². The summed E-state index contributed by atoms with van der Waals surface area (Å²) in [6, 6.07) is 17.2. The SMILES string of the molecule is CN(C)C(=O)C1CC1.Cc1ccccc1-c1cc(=O)oc2ccccc12. The fourth-order valence-electron chi connectivity index (χ4n) is 2.90. The first-order valence-electron chi connectivity index (χ1n) is 8.77. The van der Waals surface area contributed by atoms with Gasteiger partial charge < -0.3 is 9.32 Å². The molecular formula is C22H23NO3. The molecular weight excluding hydrogens is 326 g/mol. The number of hydrogen-bond acceptors (Lipinski definition) is 3. The molecule has 1 aliphatic rings. The molecule has 0 atom stereocenters. The Labute approximate surface area is 153 Å². The molecule has 0 N–H and O–H groups in total. The van der Waals surface area contributed by atoms with Crippen LogP contribution in [0.25, 0.3) is 22.1 Å². The number of rotatable bonds is 2. The minimum absolute atomic E-state index is 0.296. The highest BCUT2D eigenvalue weighted by molar-refractivity contribution is 5.93. The van der Waals surface area contributed by atoms with Crippen molar-refractivity contribution in [2.24, 2.45) is 5.92 Å². The number of amides is 1. The van der Waals surface area contributed by atoms with E-state index in [0.717, 1.165) is 34.9 Å². The van der Waals surface area contributed by atoms with Crippen molar-refractivity contribution in [1.82, 2.24) is 4.90 Å². The average molecular weight is 349 g/mol. The zero-order valence-electron chi connectivity index (χ0n) is 15.4. The lowest BCUT2D eigenvalue weighted by Crippen LogP contribution is -2.22. The first-order chi connectivity index (χ1) is 12.5. The fourth-order valence-corrected chi connectivity index (χ4v) is 2.90. The third kappa shape index (κ3) is 4.02. The second-order valence-corrected chi connectivity index (χ2v) is 6.80. The van der Waals surface area contributed by atoms with Gasteiger partial charge in [0.1, 0.15) is 5.58 Å². The van der Waals surface area contributed by atoms with Crippen LogP contribution < -0.4 is 5.63 Å².